The molecule has 1 fully saturated rings. The zero-order chi connectivity index (χ0) is 22.8. The standard InChI is InChI=1S/C25H25N5O3/c31-22-9-4-2-7-20(22)27-25(33)23-24(32)19-6-1-3-8-21(19)30(28-23)16-17-10-12-18(13-11-17)29-15-5-14-26-29/h1,3,5-6,8,10-15,20,22,31H,2,4,7,9,16H2,(H,27,33)/t20?,22-/m0/s1. The van der Waals surface area contributed by atoms with Crippen LogP contribution >= 0.6 is 0 Å². The lowest BCUT2D eigenvalue weighted by atomic mass is 9.92. The Hall–Kier alpha value is -3.78. The molecule has 1 aliphatic carbocycles. The molecule has 8 heteroatoms. The van der Waals surface area contributed by atoms with Crippen molar-refractivity contribution in [3.05, 3.63) is 88.5 Å². The minimum Gasteiger partial charge on any atom is -0.391 e. The van der Waals surface area contributed by atoms with Crippen LogP contribution in [0.3, 0.4) is 0 Å². The first-order valence-electron chi connectivity index (χ1n) is 11.2. The molecule has 4 aromatic rings. The molecule has 1 saturated carbocycles. The van der Waals surface area contributed by atoms with Crippen LogP contribution in [-0.2, 0) is 6.54 Å². The highest BCUT2D eigenvalue weighted by Gasteiger charge is 2.27. The van der Waals surface area contributed by atoms with Gasteiger partial charge in [0.15, 0.2) is 5.69 Å². The fraction of sp³-hybridized carbons (Fsp3) is 0.280. The van der Waals surface area contributed by atoms with Crippen molar-refractivity contribution in [3.63, 3.8) is 0 Å². The summed E-state index contributed by atoms with van der Waals surface area (Å²) in [6.07, 6.45) is 6.22. The Bertz CT molecular complexity index is 1330. The van der Waals surface area contributed by atoms with Crippen LogP contribution in [0.15, 0.2) is 71.8 Å². The molecular formula is C25H25N5O3. The van der Waals surface area contributed by atoms with E-state index < -0.39 is 17.4 Å². The fourth-order valence-corrected chi connectivity index (χ4v) is 4.37. The predicted molar refractivity (Wildman–Crippen MR) is 124 cm³/mol. The summed E-state index contributed by atoms with van der Waals surface area (Å²) < 4.78 is 3.46. The number of hydrogen-bond donors (Lipinski definition) is 2. The van der Waals surface area contributed by atoms with E-state index in [1.54, 1.807) is 27.7 Å². The van der Waals surface area contributed by atoms with E-state index in [-0.39, 0.29) is 11.7 Å². The van der Waals surface area contributed by atoms with Crippen molar-refractivity contribution < 1.29 is 9.90 Å². The van der Waals surface area contributed by atoms with Gasteiger partial charge in [0, 0.05) is 17.8 Å². The Morgan fingerprint density at radius 3 is 2.61 bits per heavy atom. The molecule has 2 atom stereocenters. The van der Waals surface area contributed by atoms with E-state index in [1.165, 1.54) is 0 Å². The van der Waals surface area contributed by atoms with Crippen LogP contribution in [0.4, 0.5) is 0 Å². The van der Waals surface area contributed by atoms with E-state index in [0.717, 1.165) is 24.1 Å². The maximum atomic E-state index is 13.1. The van der Waals surface area contributed by atoms with Crippen LogP contribution in [0.1, 0.15) is 41.7 Å². The van der Waals surface area contributed by atoms with E-state index >= 15 is 0 Å². The third kappa shape index (κ3) is 4.29. The lowest BCUT2D eigenvalue weighted by molar-refractivity contribution is 0.0711. The summed E-state index contributed by atoms with van der Waals surface area (Å²) >= 11 is 0. The highest BCUT2D eigenvalue weighted by molar-refractivity contribution is 5.95. The second-order valence-corrected chi connectivity index (χ2v) is 8.40. The summed E-state index contributed by atoms with van der Waals surface area (Å²) in [5.74, 6) is -0.542. The predicted octanol–water partition coefficient (Wildman–Crippen LogP) is 2.66. The number of nitrogens with zero attached hydrogens (tertiary/aromatic N) is 4. The number of aromatic nitrogens is 4. The van der Waals surface area contributed by atoms with Gasteiger partial charge in [-0.25, -0.2) is 4.68 Å². The van der Waals surface area contributed by atoms with E-state index in [4.69, 9.17) is 0 Å². The number of benzene rings is 2. The Morgan fingerprint density at radius 1 is 1.06 bits per heavy atom. The SMILES string of the molecule is O=C(NC1CCCC[C@@H]1O)c1nn(Cc2ccc(-n3cccn3)cc2)c2ccccc2c1=O. The first kappa shape index (κ1) is 21.1. The molecule has 33 heavy (non-hydrogen) atoms. The quantitative estimate of drug-likeness (QED) is 0.494. The number of aliphatic hydroxyl groups excluding tert-OH is 1. The van der Waals surface area contributed by atoms with Crippen molar-refractivity contribution in [2.45, 2.75) is 44.4 Å². The lowest BCUT2D eigenvalue weighted by Gasteiger charge is -2.28. The molecule has 5 rings (SSSR count). The second kappa shape index (κ2) is 8.99. The summed E-state index contributed by atoms with van der Waals surface area (Å²) in [5.41, 5.74) is 2.01. The Morgan fingerprint density at radius 2 is 1.85 bits per heavy atom. The van der Waals surface area contributed by atoms with Crippen molar-refractivity contribution in [2.75, 3.05) is 0 Å². The lowest BCUT2D eigenvalue weighted by Crippen LogP contribution is -2.46. The molecule has 0 bridgehead atoms. The van der Waals surface area contributed by atoms with Gasteiger partial charge >= 0.3 is 0 Å². The van der Waals surface area contributed by atoms with Gasteiger partial charge in [0.05, 0.1) is 29.9 Å². The minimum absolute atomic E-state index is 0.153. The molecule has 2 N–H and O–H groups in total. The van der Waals surface area contributed by atoms with E-state index in [0.29, 0.717) is 30.3 Å². The maximum Gasteiger partial charge on any atom is 0.276 e. The summed E-state index contributed by atoms with van der Waals surface area (Å²) in [5, 5.41) is 22.2. The molecule has 2 heterocycles. The average molecular weight is 444 g/mol. The van der Waals surface area contributed by atoms with Gasteiger partial charge in [-0.1, -0.05) is 37.1 Å². The van der Waals surface area contributed by atoms with E-state index in [2.05, 4.69) is 15.5 Å². The monoisotopic (exact) mass is 443 g/mol. The van der Waals surface area contributed by atoms with Gasteiger partial charge in [-0.05, 0) is 48.7 Å². The Labute approximate surface area is 190 Å². The third-order valence-electron chi connectivity index (χ3n) is 6.16. The summed E-state index contributed by atoms with van der Waals surface area (Å²) in [6, 6.07) is 16.5. The number of aliphatic hydroxyl groups is 1. The van der Waals surface area contributed by atoms with Gasteiger partial charge in [-0.15, -0.1) is 0 Å². The van der Waals surface area contributed by atoms with Crippen LogP contribution in [-0.4, -0.2) is 42.7 Å². The largest absolute Gasteiger partial charge is 0.391 e. The first-order chi connectivity index (χ1) is 16.1. The van der Waals surface area contributed by atoms with E-state index in [1.807, 2.05) is 48.7 Å². The van der Waals surface area contributed by atoms with Gasteiger partial charge in [-0.2, -0.15) is 10.2 Å². The summed E-state index contributed by atoms with van der Waals surface area (Å²) in [7, 11) is 0. The first-order valence-corrected chi connectivity index (χ1v) is 11.2. The van der Waals surface area contributed by atoms with Crippen LogP contribution in [0, 0.1) is 0 Å². The molecule has 168 valence electrons. The normalized spacial score (nSPS) is 18.3. The third-order valence-corrected chi connectivity index (χ3v) is 6.16. The number of carbonyl (C=O) groups is 1. The molecule has 1 unspecified atom stereocenters. The fourth-order valence-electron chi connectivity index (χ4n) is 4.37. The van der Waals surface area contributed by atoms with Crippen molar-refractivity contribution in [3.8, 4) is 5.69 Å². The molecule has 0 spiro atoms. The van der Waals surface area contributed by atoms with Gasteiger partial charge < -0.3 is 10.4 Å². The van der Waals surface area contributed by atoms with Crippen molar-refractivity contribution in [1.29, 1.82) is 0 Å². The zero-order valence-electron chi connectivity index (χ0n) is 18.1. The van der Waals surface area contributed by atoms with Gasteiger partial charge in [0.2, 0.25) is 5.43 Å². The van der Waals surface area contributed by atoms with Crippen LogP contribution < -0.4 is 10.7 Å². The topological polar surface area (TPSA) is 102 Å². The van der Waals surface area contributed by atoms with Crippen LogP contribution in [0.5, 0.6) is 0 Å². The molecule has 8 nitrogen and oxygen atoms in total. The Kier molecular flexibility index (Phi) is 5.75. The van der Waals surface area contributed by atoms with Crippen molar-refractivity contribution >= 4 is 16.8 Å². The molecular weight excluding hydrogens is 418 g/mol. The number of fused-ring (bicyclic) bond motifs is 1. The van der Waals surface area contributed by atoms with Gasteiger partial charge in [0.1, 0.15) is 0 Å². The van der Waals surface area contributed by atoms with Crippen molar-refractivity contribution in [2.24, 2.45) is 0 Å². The molecule has 2 aromatic heterocycles. The Balaban J connectivity index is 1.47. The number of amides is 1. The highest BCUT2D eigenvalue weighted by Crippen LogP contribution is 2.19. The van der Waals surface area contributed by atoms with E-state index in [9.17, 15) is 14.7 Å². The van der Waals surface area contributed by atoms with Gasteiger partial charge in [-0.3, -0.25) is 14.3 Å². The molecule has 2 aromatic carbocycles. The second-order valence-electron chi connectivity index (χ2n) is 8.40. The maximum absolute atomic E-state index is 13.1. The van der Waals surface area contributed by atoms with Crippen LogP contribution in [0.25, 0.3) is 16.6 Å². The molecule has 1 amide bonds. The minimum atomic E-state index is -0.598. The smallest absolute Gasteiger partial charge is 0.276 e. The average Bonchev–Trinajstić information content (AvgIpc) is 3.38. The number of para-hydroxylation sites is 1. The molecule has 0 saturated heterocycles. The number of hydrogen-bond acceptors (Lipinski definition) is 5. The summed E-state index contributed by atoms with van der Waals surface area (Å²) in [6.45, 7) is 0.395. The molecule has 0 radical (unpaired) electrons. The zero-order valence-corrected chi connectivity index (χ0v) is 18.1. The number of carbonyl (C=O) groups excluding carboxylic acids is 1. The van der Waals surface area contributed by atoms with Gasteiger partial charge in [0.25, 0.3) is 5.91 Å². The van der Waals surface area contributed by atoms with Crippen molar-refractivity contribution in [1.82, 2.24) is 24.9 Å². The summed E-state index contributed by atoms with van der Waals surface area (Å²) in [4.78, 5) is 26.1. The number of rotatable bonds is 5. The highest BCUT2D eigenvalue weighted by atomic mass is 16.3. The van der Waals surface area contributed by atoms with Crippen LogP contribution in [0.2, 0.25) is 0 Å². The molecule has 0 aliphatic heterocycles. The number of nitrogens with one attached hydrogen (secondary N) is 1. The molecule has 1 aliphatic rings.